The van der Waals surface area contributed by atoms with Crippen LogP contribution in [0.1, 0.15) is 19.4 Å². The Bertz CT molecular complexity index is 555. The Morgan fingerprint density at radius 3 is 3.05 bits per heavy atom. The van der Waals surface area contributed by atoms with Crippen molar-refractivity contribution >= 4 is 29.3 Å². The molecule has 6 heteroatoms. The maximum Gasteiger partial charge on any atom is 0.224 e. The van der Waals surface area contributed by atoms with E-state index in [4.69, 9.17) is 0 Å². The molecule has 1 amide bonds. The highest BCUT2D eigenvalue weighted by Gasteiger charge is 2.09. The van der Waals surface area contributed by atoms with E-state index in [1.807, 2.05) is 18.3 Å². The average molecular weight is 297 g/mol. The van der Waals surface area contributed by atoms with E-state index >= 15 is 0 Å². The minimum Gasteiger partial charge on any atom is -0.354 e. The Balaban J connectivity index is 0.00000200. The van der Waals surface area contributed by atoms with Crippen LogP contribution in [0.25, 0.3) is 11.0 Å². The van der Waals surface area contributed by atoms with Crippen LogP contribution in [0.2, 0.25) is 0 Å². The van der Waals surface area contributed by atoms with Crippen LogP contribution in [0.4, 0.5) is 0 Å². The fourth-order valence-electron chi connectivity index (χ4n) is 2.08. The summed E-state index contributed by atoms with van der Waals surface area (Å²) in [6.07, 6.45) is 3.97. The first-order valence-corrected chi connectivity index (χ1v) is 6.61. The number of hydrogen-bond donors (Lipinski definition) is 3. The molecule has 0 unspecified atom stereocenters. The van der Waals surface area contributed by atoms with Crippen LogP contribution in [-0.2, 0) is 11.2 Å². The number of aromatic amines is 1. The van der Waals surface area contributed by atoms with Gasteiger partial charge in [-0.15, -0.1) is 12.4 Å². The molecule has 0 saturated heterocycles. The highest BCUT2D eigenvalue weighted by atomic mass is 35.5. The lowest BCUT2D eigenvalue weighted by Gasteiger charge is -2.12. The number of rotatable bonds is 6. The number of hydrogen-bond acceptors (Lipinski definition) is 3. The Morgan fingerprint density at radius 2 is 2.30 bits per heavy atom. The molecule has 0 bridgehead atoms. The number of H-pyrrole nitrogens is 1. The van der Waals surface area contributed by atoms with Gasteiger partial charge in [0.25, 0.3) is 0 Å². The summed E-state index contributed by atoms with van der Waals surface area (Å²) in [7, 11) is 0. The predicted octanol–water partition coefficient (Wildman–Crippen LogP) is 1.64. The number of aromatic nitrogens is 2. The molecule has 5 nitrogen and oxygen atoms in total. The second-order valence-corrected chi connectivity index (χ2v) is 4.65. The molecule has 1 atom stereocenters. The maximum atomic E-state index is 11.9. The Labute approximate surface area is 125 Å². The second kappa shape index (κ2) is 7.87. The van der Waals surface area contributed by atoms with Crippen molar-refractivity contribution < 1.29 is 4.79 Å². The topological polar surface area (TPSA) is 69.8 Å². The monoisotopic (exact) mass is 296 g/mol. The number of fused-ring (bicyclic) bond motifs is 1. The minimum absolute atomic E-state index is 0. The van der Waals surface area contributed by atoms with Gasteiger partial charge in [-0.3, -0.25) is 4.79 Å². The molecule has 0 radical (unpaired) electrons. The molecule has 110 valence electrons. The average Bonchev–Trinajstić information content (AvgIpc) is 2.80. The first-order chi connectivity index (χ1) is 9.20. The van der Waals surface area contributed by atoms with E-state index in [0.717, 1.165) is 23.1 Å². The van der Waals surface area contributed by atoms with E-state index in [1.165, 1.54) is 0 Å². The van der Waals surface area contributed by atoms with Gasteiger partial charge in [0.15, 0.2) is 0 Å². The van der Waals surface area contributed by atoms with Crippen molar-refractivity contribution in [3.8, 4) is 0 Å². The van der Waals surface area contributed by atoms with E-state index in [9.17, 15) is 4.79 Å². The van der Waals surface area contributed by atoms with Crippen molar-refractivity contribution in [3.63, 3.8) is 0 Å². The number of carbonyl (C=O) groups excluding carboxylic acids is 1. The van der Waals surface area contributed by atoms with E-state index in [2.05, 4.69) is 34.4 Å². The Morgan fingerprint density at radius 1 is 1.50 bits per heavy atom. The van der Waals surface area contributed by atoms with Crippen LogP contribution < -0.4 is 10.6 Å². The number of amides is 1. The van der Waals surface area contributed by atoms with Crippen molar-refractivity contribution in [2.24, 2.45) is 0 Å². The largest absolute Gasteiger partial charge is 0.354 e. The quantitative estimate of drug-likeness (QED) is 0.759. The van der Waals surface area contributed by atoms with Crippen LogP contribution in [0.5, 0.6) is 0 Å². The lowest BCUT2D eigenvalue weighted by Crippen LogP contribution is -2.39. The third-order valence-electron chi connectivity index (χ3n) is 3.05. The predicted molar refractivity (Wildman–Crippen MR) is 83.2 cm³/mol. The van der Waals surface area contributed by atoms with E-state index in [-0.39, 0.29) is 18.3 Å². The molecule has 2 aromatic rings. The van der Waals surface area contributed by atoms with Crippen LogP contribution in [-0.4, -0.2) is 35.0 Å². The van der Waals surface area contributed by atoms with Gasteiger partial charge in [0, 0.05) is 30.4 Å². The number of pyridine rings is 1. The third kappa shape index (κ3) is 4.21. The summed E-state index contributed by atoms with van der Waals surface area (Å²) in [6, 6.07) is 4.15. The molecule has 0 saturated carbocycles. The molecule has 2 aromatic heterocycles. The summed E-state index contributed by atoms with van der Waals surface area (Å²) in [4.78, 5) is 19.2. The molecule has 0 aliphatic heterocycles. The van der Waals surface area contributed by atoms with Gasteiger partial charge >= 0.3 is 0 Å². The Kier molecular flexibility index (Phi) is 6.48. The smallest absolute Gasteiger partial charge is 0.224 e. The van der Waals surface area contributed by atoms with Crippen molar-refractivity contribution in [2.45, 2.75) is 26.3 Å². The van der Waals surface area contributed by atoms with Gasteiger partial charge in [-0.25, -0.2) is 4.98 Å². The minimum atomic E-state index is 0. The summed E-state index contributed by atoms with van der Waals surface area (Å²) in [5.74, 6) is 0.0366. The summed E-state index contributed by atoms with van der Waals surface area (Å²) < 4.78 is 0. The molecule has 0 aliphatic carbocycles. The molecule has 0 spiro atoms. The Hall–Kier alpha value is -1.59. The second-order valence-electron chi connectivity index (χ2n) is 4.65. The fraction of sp³-hybridized carbons (Fsp3) is 0.429. The van der Waals surface area contributed by atoms with E-state index < -0.39 is 0 Å². The van der Waals surface area contributed by atoms with E-state index in [1.54, 1.807) is 6.20 Å². The number of nitrogens with zero attached hydrogens (tertiary/aromatic N) is 1. The van der Waals surface area contributed by atoms with Gasteiger partial charge in [-0.2, -0.15) is 0 Å². The van der Waals surface area contributed by atoms with Crippen LogP contribution in [0.3, 0.4) is 0 Å². The number of nitrogens with one attached hydrogen (secondary N) is 3. The van der Waals surface area contributed by atoms with E-state index in [0.29, 0.717) is 19.0 Å². The summed E-state index contributed by atoms with van der Waals surface area (Å²) >= 11 is 0. The number of carbonyl (C=O) groups is 1. The SMILES string of the molecule is CCN[C@H](C)CNC(=O)Cc1c[nH]c2ncccc12.Cl. The normalized spacial score (nSPS) is 11.9. The lowest BCUT2D eigenvalue weighted by atomic mass is 10.1. The summed E-state index contributed by atoms with van der Waals surface area (Å²) in [5, 5.41) is 7.20. The maximum absolute atomic E-state index is 11.9. The van der Waals surface area contributed by atoms with Crippen LogP contribution >= 0.6 is 12.4 Å². The highest BCUT2D eigenvalue weighted by molar-refractivity contribution is 5.87. The van der Waals surface area contributed by atoms with Crippen molar-refractivity contribution in [3.05, 3.63) is 30.1 Å². The van der Waals surface area contributed by atoms with Crippen molar-refractivity contribution in [1.82, 2.24) is 20.6 Å². The highest BCUT2D eigenvalue weighted by Crippen LogP contribution is 2.15. The van der Waals surface area contributed by atoms with Gasteiger partial charge in [0.1, 0.15) is 5.65 Å². The zero-order valence-electron chi connectivity index (χ0n) is 11.8. The molecule has 3 N–H and O–H groups in total. The van der Waals surface area contributed by atoms with Gasteiger partial charge in [0.2, 0.25) is 5.91 Å². The molecule has 2 rings (SSSR count). The van der Waals surface area contributed by atoms with Crippen molar-refractivity contribution in [1.29, 1.82) is 0 Å². The molecule has 0 fully saturated rings. The van der Waals surface area contributed by atoms with Gasteiger partial charge < -0.3 is 15.6 Å². The lowest BCUT2D eigenvalue weighted by molar-refractivity contribution is -0.120. The number of halogens is 1. The van der Waals surface area contributed by atoms with Crippen molar-refractivity contribution in [2.75, 3.05) is 13.1 Å². The van der Waals surface area contributed by atoms with Crippen LogP contribution in [0, 0.1) is 0 Å². The molecular formula is C14H21ClN4O. The molecule has 2 heterocycles. The summed E-state index contributed by atoms with van der Waals surface area (Å²) in [6.45, 7) is 5.66. The summed E-state index contributed by atoms with van der Waals surface area (Å²) in [5.41, 5.74) is 1.81. The van der Waals surface area contributed by atoms with Gasteiger partial charge in [-0.1, -0.05) is 6.92 Å². The number of likely N-dealkylation sites (N-methyl/N-ethyl adjacent to an activating group) is 1. The zero-order chi connectivity index (χ0) is 13.7. The molecular weight excluding hydrogens is 276 g/mol. The van der Waals surface area contributed by atoms with Crippen LogP contribution in [0.15, 0.2) is 24.5 Å². The standard InChI is InChI=1S/C14H20N4O.ClH/c1-3-15-10(2)8-17-13(19)7-11-9-18-14-12(11)5-4-6-16-14;/h4-6,9-10,15H,3,7-8H2,1-2H3,(H,16,18)(H,17,19);1H/t10-;/m1./s1. The van der Waals surface area contributed by atoms with Gasteiger partial charge in [0.05, 0.1) is 6.42 Å². The molecule has 0 aliphatic rings. The zero-order valence-corrected chi connectivity index (χ0v) is 12.6. The van der Waals surface area contributed by atoms with Gasteiger partial charge in [-0.05, 0) is 31.2 Å². The molecule has 20 heavy (non-hydrogen) atoms. The third-order valence-corrected chi connectivity index (χ3v) is 3.05. The first kappa shape index (κ1) is 16.5. The first-order valence-electron chi connectivity index (χ1n) is 6.61. The fourth-order valence-corrected chi connectivity index (χ4v) is 2.08. The molecule has 0 aromatic carbocycles.